The molecule has 0 heterocycles. The minimum atomic E-state index is -0.721. The Kier molecular flexibility index (Phi) is 4.71. The second-order valence-corrected chi connectivity index (χ2v) is 7.18. The van der Waals surface area contributed by atoms with E-state index >= 15 is 0 Å². The molecule has 0 fully saturated rings. The predicted molar refractivity (Wildman–Crippen MR) is 98.6 cm³/mol. The van der Waals surface area contributed by atoms with Crippen molar-refractivity contribution in [1.29, 1.82) is 0 Å². The summed E-state index contributed by atoms with van der Waals surface area (Å²) in [5.74, 6) is 0.876. The highest BCUT2D eigenvalue weighted by atomic mass is 16.6. The highest BCUT2D eigenvalue weighted by Crippen LogP contribution is 2.46. The summed E-state index contributed by atoms with van der Waals surface area (Å²) in [6.45, 7) is 6.87. The van der Waals surface area contributed by atoms with Gasteiger partial charge in [-0.1, -0.05) is 44.2 Å². The predicted octanol–water partition coefficient (Wildman–Crippen LogP) is 4.86. The third-order valence-electron chi connectivity index (χ3n) is 4.91. The van der Waals surface area contributed by atoms with E-state index in [-0.39, 0.29) is 11.5 Å². The monoisotopic (exact) mass is 339 g/mol. The summed E-state index contributed by atoms with van der Waals surface area (Å²) in [4.78, 5) is 11.3. The van der Waals surface area contributed by atoms with E-state index in [4.69, 9.17) is 15.2 Å². The van der Waals surface area contributed by atoms with Crippen LogP contribution in [0.25, 0.3) is 11.1 Å². The maximum absolute atomic E-state index is 11.3. The number of amides is 1. The van der Waals surface area contributed by atoms with Gasteiger partial charge in [0.15, 0.2) is 0 Å². The van der Waals surface area contributed by atoms with Gasteiger partial charge in [0.1, 0.15) is 11.9 Å². The fourth-order valence-electron chi connectivity index (χ4n) is 3.52. The number of carbonyl (C=O) groups excluding carboxylic acids is 1. The van der Waals surface area contributed by atoms with Crippen molar-refractivity contribution in [3.05, 3.63) is 53.6 Å². The molecule has 132 valence electrons. The summed E-state index contributed by atoms with van der Waals surface area (Å²) in [6, 6.07) is 14.4. The van der Waals surface area contributed by atoms with Crippen LogP contribution in [0.1, 0.15) is 44.4 Å². The number of primary amides is 1. The molecule has 1 aliphatic carbocycles. The van der Waals surface area contributed by atoms with Crippen LogP contribution in [0, 0.1) is 5.41 Å². The topological polar surface area (TPSA) is 61.6 Å². The second-order valence-electron chi connectivity index (χ2n) is 7.18. The lowest BCUT2D eigenvalue weighted by Gasteiger charge is -2.39. The lowest BCUT2D eigenvalue weighted by atomic mass is 9.71. The number of hydrogen-bond donors (Lipinski definition) is 1. The van der Waals surface area contributed by atoms with Crippen molar-refractivity contribution >= 4 is 6.09 Å². The second kappa shape index (κ2) is 6.79. The van der Waals surface area contributed by atoms with E-state index < -0.39 is 6.09 Å². The Hall–Kier alpha value is -2.49. The Morgan fingerprint density at radius 2 is 1.84 bits per heavy atom. The quantitative estimate of drug-likeness (QED) is 0.865. The minimum Gasteiger partial charge on any atom is -0.494 e. The molecule has 1 atom stereocenters. The molecule has 1 aliphatic rings. The number of rotatable bonds is 4. The highest BCUT2D eigenvalue weighted by Gasteiger charge is 2.38. The van der Waals surface area contributed by atoms with Gasteiger partial charge in [-0.2, -0.15) is 0 Å². The largest absolute Gasteiger partial charge is 0.494 e. The van der Waals surface area contributed by atoms with Crippen LogP contribution < -0.4 is 10.5 Å². The molecule has 2 aromatic carbocycles. The molecule has 2 N–H and O–H groups in total. The van der Waals surface area contributed by atoms with Crippen molar-refractivity contribution in [2.45, 2.75) is 39.7 Å². The van der Waals surface area contributed by atoms with E-state index in [1.165, 1.54) is 5.56 Å². The Bertz CT molecular complexity index is 765. The van der Waals surface area contributed by atoms with Gasteiger partial charge in [0.25, 0.3) is 0 Å². The van der Waals surface area contributed by atoms with Gasteiger partial charge >= 0.3 is 6.09 Å². The molecule has 0 saturated carbocycles. The van der Waals surface area contributed by atoms with Crippen molar-refractivity contribution in [1.82, 2.24) is 0 Å². The number of nitrogens with two attached hydrogens (primary N) is 1. The van der Waals surface area contributed by atoms with E-state index in [0.717, 1.165) is 35.3 Å². The molecule has 4 nitrogen and oxygen atoms in total. The van der Waals surface area contributed by atoms with Crippen LogP contribution in [0.4, 0.5) is 4.79 Å². The van der Waals surface area contributed by atoms with Gasteiger partial charge in [0, 0.05) is 5.41 Å². The van der Waals surface area contributed by atoms with Crippen LogP contribution >= 0.6 is 0 Å². The Morgan fingerprint density at radius 3 is 2.48 bits per heavy atom. The van der Waals surface area contributed by atoms with Crippen LogP contribution in [-0.4, -0.2) is 12.7 Å². The number of benzene rings is 2. The van der Waals surface area contributed by atoms with Gasteiger partial charge < -0.3 is 15.2 Å². The molecule has 3 rings (SSSR count). The number of fused-ring (bicyclic) bond motifs is 1. The lowest BCUT2D eigenvalue weighted by molar-refractivity contribution is 0.0147. The molecule has 0 spiro atoms. The number of ether oxygens (including phenoxy) is 2. The molecule has 4 heteroatoms. The standard InChI is InChI=1S/C21H25NO3/c1-4-24-17-8-5-14(6-9-17)15-7-10-18-16(13-15)11-12-21(2,3)19(18)25-20(22)23/h5-10,13,19H,4,11-12H2,1-3H3,(H2,22,23)/t19-/m0/s1. The average molecular weight is 339 g/mol. The van der Waals surface area contributed by atoms with Crippen molar-refractivity contribution in [2.24, 2.45) is 11.1 Å². The summed E-state index contributed by atoms with van der Waals surface area (Å²) < 4.78 is 10.9. The first-order chi connectivity index (χ1) is 11.9. The first-order valence-electron chi connectivity index (χ1n) is 8.73. The average Bonchev–Trinajstić information content (AvgIpc) is 2.58. The Labute approximate surface area is 148 Å². The van der Waals surface area contributed by atoms with Crippen LogP contribution in [0.2, 0.25) is 0 Å². The highest BCUT2D eigenvalue weighted by molar-refractivity contribution is 5.67. The van der Waals surface area contributed by atoms with E-state index in [1.807, 2.05) is 19.1 Å². The Balaban J connectivity index is 1.93. The van der Waals surface area contributed by atoms with Crippen LogP contribution in [0.5, 0.6) is 5.75 Å². The molecule has 25 heavy (non-hydrogen) atoms. The van der Waals surface area contributed by atoms with Crippen molar-refractivity contribution in [3.63, 3.8) is 0 Å². The lowest BCUT2D eigenvalue weighted by Crippen LogP contribution is -2.33. The fraction of sp³-hybridized carbons (Fsp3) is 0.381. The molecule has 0 saturated heterocycles. The molecule has 2 aromatic rings. The molecular weight excluding hydrogens is 314 g/mol. The smallest absolute Gasteiger partial charge is 0.405 e. The van der Waals surface area contributed by atoms with Crippen LogP contribution in [0.15, 0.2) is 42.5 Å². The zero-order chi connectivity index (χ0) is 18.0. The molecule has 0 aromatic heterocycles. The number of carbonyl (C=O) groups is 1. The SMILES string of the molecule is CCOc1ccc(-c2ccc3c(c2)CCC(C)(C)[C@H]3OC(N)=O)cc1. The normalized spacial score (nSPS) is 18.3. The third kappa shape index (κ3) is 3.63. The van der Waals surface area contributed by atoms with Gasteiger partial charge in [-0.15, -0.1) is 0 Å². The molecule has 1 amide bonds. The molecule has 0 aliphatic heterocycles. The van der Waals surface area contributed by atoms with Crippen molar-refractivity contribution in [2.75, 3.05) is 6.61 Å². The third-order valence-corrected chi connectivity index (χ3v) is 4.91. The zero-order valence-corrected chi connectivity index (χ0v) is 15.0. The van der Waals surface area contributed by atoms with Gasteiger partial charge in [-0.05, 0) is 54.2 Å². The minimum absolute atomic E-state index is 0.122. The molecule has 0 unspecified atom stereocenters. The van der Waals surface area contributed by atoms with Gasteiger partial charge in [0.05, 0.1) is 6.61 Å². The maximum Gasteiger partial charge on any atom is 0.405 e. The zero-order valence-electron chi connectivity index (χ0n) is 15.0. The first-order valence-corrected chi connectivity index (χ1v) is 8.73. The molecular formula is C21H25NO3. The van der Waals surface area contributed by atoms with Crippen LogP contribution in [0.3, 0.4) is 0 Å². The van der Waals surface area contributed by atoms with E-state index in [9.17, 15) is 4.79 Å². The maximum atomic E-state index is 11.3. The van der Waals surface area contributed by atoms with E-state index in [1.54, 1.807) is 0 Å². The Morgan fingerprint density at radius 1 is 1.16 bits per heavy atom. The van der Waals surface area contributed by atoms with Crippen molar-refractivity contribution < 1.29 is 14.3 Å². The molecule has 0 bridgehead atoms. The first kappa shape index (κ1) is 17.3. The molecule has 0 radical (unpaired) electrons. The number of aryl methyl sites for hydroxylation is 1. The number of hydrogen-bond acceptors (Lipinski definition) is 3. The van der Waals surface area contributed by atoms with Gasteiger partial charge in [-0.25, -0.2) is 4.79 Å². The fourth-order valence-corrected chi connectivity index (χ4v) is 3.52. The summed E-state index contributed by atoms with van der Waals surface area (Å²) >= 11 is 0. The van der Waals surface area contributed by atoms with Gasteiger partial charge in [-0.3, -0.25) is 0 Å². The van der Waals surface area contributed by atoms with Gasteiger partial charge in [0.2, 0.25) is 0 Å². The summed E-state index contributed by atoms with van der Waals surface area (Å²) in [5, 5.41) is 0. The van der Waals surface area contributed by atoms with E-state index in [0.29, 0.717) is 6.61 Å². The summed E-state index contributed by atoms with van der Waals surface area (Å²) in [7, 11) is 0. The van der Waals surface area contributed by atoms with Crippen molar-refractivity contribution in [3.8, 4) is 16.9 Å². The summed E-state index contributed by atoms with van der Waals surface area (Å²) in [6.07, 6.45) is 0.890. The van der Waals surface area contributed by atoms with E-state index in [2.05, 4.69) is 44.2 Å². The summed E-state index contributed by atoms with van der Waals surface area (Å²) in [5.41, 5.74) is 9.74. The van der Waals surface area contributed by atoms with Crippen LogP contribution in [-0.2, 0) is 11.2 Å².